The number of nitrogens with one attached hydrogen (secondary N) is 2. The van der Waals surface area contributed by atoms with Crippen LogP contribution in [0.25, 0.3) is 5.95 Å². The summed E-state index contributed by atoms with van der Waals surface area (Å²) >= 11 is 1.22. The third-order valence-corrected chi connectivity index (χ3v) is 5.17. The summed E-state index contributed by atoms with van der Waals surface area (Å²) < 4.78 is 16.7. The number of hydrogen-bond donors (Lipinski definition) is 2. The number of fused-ring (bicyclic) bond motifs is 1. The van der Waals surface area contributed by atoms with Crippen molar-refractivity contribution in [1.29, 1.82) is 0 Å². The number of hydrogen-bond acceptors (Lipinski definition) is 8. The standard InChI is InChI=1S/C19H22N6O3S/c1-12(2)16(22-19-23-18(24-29-19)25-8-7-20-10-25)17(26)21-6-5-13-3-4-14-15(9-13)28-11-27-14/h3-4,7-10,12,16H,5-6,11H2,1-2H3,(H,21,26)(H,22,23,24). The minimum absolute atomic E-state index is 0.0693. The van der Waals surface area contributed by atoms with Crippen LogP contribution in [0.4, 0.5) is 5.13 Å². The van der Waals surface area contributed by atoms with Crippen molar-refractivity contribution in [2.45, 2.75) is 26.3 Å². The first-order valence-corrected chi connectivity index (χ1v) is 10.1. The van der Waals surface area contributed by atoms with Crippen molar-refractivity contribution in [2.24, 2.45) is 5.92 Å². The van der Waals surface area contributed by atoms with E-state index < -0.39 is 6.04 Å². The zero-order valence-electron chi connectivity index (χ0n) is 16.2. The number of rotatable bonds is 8. The number of ether oxygens (including phenoxy) is 2. The average Bonchev–Trinajstić information content (AvgIpc) is 3.46. The Bertz CT molecular complexity index is 972. The molecule has 2 N–H and O–H groups in total. The molecule has 0 fully saturated rings. The van der Waals surface area contributed by atoms with Crippen LogP contribution >= 0.6 is 11.5 Å². The Balaban J connectivity index is 1.33. The minimum Gasteiger partial charge on any atom is -0.454 e. The SMILES string of the molecule is CC(C)C(Nc1nc(-n2ccnc2)ns1)C(=O)NCCc1ccc2c(c1)OCO2. The molecule has 4 rings (SSSR count). The number of carbonyl (C=O) groups excluding carboxylic acids is 1. The Morgan fingerprint density at radius 1 is 1.31 bits per heavy atom. The van der Waals surface area contributed by atoms with E-state index in [-0.39, 0.29) is 18.6 Å². The maximum atomic E-state index is 12.7. The van der Waals surface area contributed by atoms with Gasteiger partial charge in [0, 0.05) is 30.5 Å². The molecule has 1 unspecified atom stereocenters. The van der Waals surface area contributed by atoms with Gasteiger partial charge in [0.1, 0.15) is 12.4 Å². The molecule has 1 aliphatic rings. The summed E-state index contributed by atoms with van der Waals surface area (Å²) in [4.78, 5) is 21.1. The van der Waals surface area contributed by atoms with Crippen LogP contribution < -0.4 is 20.1 Å². The van der Waals surface area contributed by atoms with E-state index in [0.29, 0.717) is 24.0 Å². The Morgan fingerprint density at radius 3 is 2.97 bits per heavy atom. The van der Waals surface area contributed by atoms with Crippen LogP contribution in [0.2, 0.25) is 0 Å². The van der Waals surface area contributed by atoms with Crippen molar-refractivity contribution in [3.8, 4) is 17.4 Å². The molecule has 0 aliphatic carbocycles. The molecular weight excluding hydrogens is 392 g/mol. The zero-order valence-corrected chi connectivity index (χ0v) is 17.0. The van der Waals surface area contributed by atoms with Gasteiger partial charge in [0.2, 0.25) is 23.8 Å². The highest BCUT2D eigenvalue weighted by molar-refractivity contribution is 7.09. The number of amides is 1. The maximum absolute atomic E-state index is 12.7. The first-order chi connectivity index (χ1) is 14.1. The minimum atomic E-state index is -0.407. The van der Waals surface area contributed by atoms with Crippen molar-refractivity contribution in [2.75, 3.05) is 18.7 Å². The molecule has 1 atom stereocenters. The first-order valence-electron chi connectivity index (χ1n) is 9.35. The normalized spacial score (nSPS) is 13.5. The van der Waals surface area contributed by atoms with Crippen molar-refractivity contribution < 1.29 is 14.3 Å². The Kier molecular flexibility index (Phi) is 5.61. The van der Waals surface area contributed by atoms with Crippen LogP contribution in [0, 0.1) is 5.92 Å². The molecule has 0 saturated carbocycles. The summed E-state index contributed by atoms with van der Waals surface area (Å²) in [5, 5.41) is 6.80. The van der Waals surface area contributed by atoms with Crippen LogP contribution in [-0.4, -0.2) is 44.2 Å². The van der Waals surface area contributed by atoms with Gasteiger partial charge in [-0.05, 0) is 30.0 Å². The lowest BCUT2D eigenvalue weighted by atomic mass is 10.0. The molecule has 0 radical (unpaired) electrons. The maximum Gasteiger partial charge on any atom is 0.248 e. The molecule has 10 heteroatoms. The quantitative estimate of drug-likeness (QED) is 0.583. The van der Waals surface area contributed by atoms with E-state index in [1.165, 1.54) is 11.5 Å². The van der Waals surface area contributed by atoms with Gasteiger partial charge in [0.05, 0.1) is 0 Å². The van der Waals surface area contributed by atoms with Gasteiger partial charge in [0.25, 0.3) is 0 Å². The number of aromatic nitrogens is 4. The molecule has 152 valence electrons. The average molecular weight is 414 g/mol. The molecule has 1 amide bonds. The summed E-state index contributed by atoms with van der Waals surface area (Å²) in [7, 11) is 0. The highest BCUT2D eigenvalue weighted by Gasteiger charge is 2.23. The molecule has 0 spiro atoms. The van der Waals surface area contributed by atoms with E-state index in [1.54, 1.807) is 23.3 Å². The third-order valence-electron chi connectivity index (χ3n) is 4.53. The smallest absolute Gasteiger partial charge is 0.248 e. The summed E-state index contributed by atoms with van der Waals surface area (Å²) in [6.07, 6.45) is 5.78. The van der Waals surface area contributed by atoms with Crippen molar-refractivity contribution in [3.05, 3.63) is 42.5 Å². The molecule has 1 aromatic carbocycles. The fraction of sp³-hybridized carbons (Fsp3) is 0.368. The Labute approximate surface area is 172 Å². The second-order valence-electron chi connectivity index (χ2n) is 6.96. The molecule has 2 aromatic heterocycles. The molecule has 9 nitrogen and oxygen atoms in total. The van der Waals surface area contributed by atoms with Gasteiger partial charge in [0.15, 0.2) is 11.5 Å². The lowest BCUT2D eigenvalue weighted by Gasteiger charge is -2.21. The van der Waals surface area contributed by atoms with E-state index in [1.807, 2.05) is 32.0 Å². The lowest BCUT2D eigenvalue weighted by Crippen LogP contribution is -2.43. The van der Waals surface area contributed by atoms with Crippen molar-refractivity contribution in [1.82, 2.24) is 24.2 Å². The number of benzene rings is 1. The predicted octanol–water partition coefficient (Wildman–Crippen LogP) is 2.25. The summed E-state index contributed by atoms with van der Waals surface area (Å²) in [6.45, 7) is 4.77. The highest BCUT2D eigenvalue weighted by Crippen LogP contribution is 2.32. The largest absolute Gasteiger partial charge is 0.454 e. The fourth-order valence-corrected chi connectivity index (χ4v) is 3.57. The van der Waals surface area contributed by atoms with Gasteiger partial charge in [-0.25, -0.2) is 4.98 Å². The molecule has 0 saturated heterocycles. The van der Waals surface area contributed by atoms with Gasteiger partial charge >= 0.3 is 0 Å². The van der Waals surface area contributed by atoms with Crippen LogP contribution in [-0.2, 0) is 11.2 Å². The molecule has 0 bridgehead atoms. The molecule has 3 aromatic rings. The van der Waals surface area contributed by atoms with Gasteiger partial charge in [-0.1, -0.05) is 19.9 Å². The summed E-state index contributed by atoms with van der Waals surface area (Å²) in [5.74, 6) is 2.05. The van der Waals surface area contributed by atoms with Gasteiger partial charge in [-0.3, -0.25) is 9.36 Å². The second kappa shape index (κ2) is 8.48. The van der Waals surface area contributed by atoms with Crippen LogP contribution in [0.5, 0.6) is 11.5 Å². The molecular formula is C19H22N6O3S. The van der Waals surface area contributed by atoms with E-state index in [2.05, 4.69) is 25.0 Å². The number of imidazole rings is 1. The van der Waals surface area contributed by atoms with Crippen molar-refractivity contribution >= 4 is 22.6 Å². The van der Waals surface area contributed by atoms with Gasteiger partial charge < -0.3 is 20.1 Å². The van der Waals surface area contributed by atoms with E-state index in [9.17, 15) is 4.79 Å². The number of anilines is 1. The Hall–Kier alpha value is -3.14. The number of carbonyl (C=O) groups is 1. The summed E-state index contributed by atoms with van der Waals surface area (Å²) in [5.41, 5.74) is 1.08. The zero-order chi connectivity index (χ0) is 20.2. The Morgan fingerprint density at radius 2 is 2.17 bits per heavy atom. The molecule has 29 heavy (non-hydrogen) atoms. The fourth-order valence-electron chi connectivity index (χ4n) is 2.96. The van der Waals surface area contributed by atoms with Gasteiger partial charge in [-0.15, -0.1) is 0 Å². The van der Waals surface area contributed by atoms with E-state index in [4.69, 9.17) is 9.47 Å². The molecule has 3 heterocycles. The van der Waals surface area contributed by atoms with Crippen LogP contribution in [0.1, 0.15) is 19.4 Å². The third kappa shape index (κ3) is 4.48. The van der Waals surface area contributed by atoms with Gasteiger partial charge in [-0.2, -0.15) is 9.36 Å². The lowest BCUT2D eigenvalue weighted by molar-refractivity contribution is -0.122. The van der Waals surface area contributed by atoms with E-state index in [0.717, 1.165) is 17.1 Å². The van der Waals surface area contributed by atoms with E-state index >= 15 is 0 Å². The first kappa shape index (κ1) is 19.2. The molecule has 1 aliphatic heterocycles. The topological polar surface area (TPSA) is 103 Å². The van der Waals surface area contributed by atoms with Crippen LogP contribution in [0.15, 0.2) is 36.9 Å². The van der Waals surface area contributed by atoms with Crippen LogP contribution in [0.3, 0.4) is 0 Å². The number of nitrogens with zero attached hydrogens (tertiary/aromatic N) is 4. The summed E-state index contributed by atoms with van der Waals surface area (Å²) in [6, 6.07) is 5.42. The van der Waals surface area contributed by atoms with Crippen molar-refractivity contribution in [3.63, 3.8) is 0 Å². The second-order valence-corrected chi connectivity index (χ2v) is 7.72. The monoisotopic (exact) mass is 414 g/mol. The highest BCUT2D eigenvalue weighted by atomic mass is 32.1. The predicted molar refractivity (Wildman–Crippen MR) is 109 cm³/mol.